The lowest BCUT2D eigenvalue weighted by Crippen LogP contribution is -2.21. The number of nitrogens with two attached hydrogens (primary N) is 1. The molecule has 24 heavy (non-hydrogen) atoms. The van der Waals surface area contributed by atoms with Gasteiger partial charge in [0.2, 0.25) is 5.95 Å². The molecule has 4 rings (SSSR count). The molecule has 3 atom stereocenters. The SMILES string of the molecule is C#C[C@H]1C[C@@H](CO)O[C@H]1n1cnc2c(N3CCCC3)nc(N)nc21. The van der Waals surface area contributed by atoms with Gasteiger partial charge < -0.3 is 20.5 Å². The molecule has 3 N–H and O–H groups in total. The van der Waals surface area contributed by atoms with Crippen LogP contribution in [0.4, 0.5) is 11.8 Å². The van der Waals surface area contributed by atoms with E-state index in [0.717, 1.165) is 31.7 Å². The van der Waals surface area contributed by atoms with Crippen LogP contribution < -0.4 is 10.6 Å². The number of nitrogen functional groups attached to an aromatic ring is 1. The third kappa shape index (κ3) is 2.37. The van der Waals surface area contributed by atoms with Crippen molar-refractivity contribution < 1.29 is 9.84 Å². The number of imidazole rings is 1. The summed E-state index contributed by atoms with van der Waals surface area (Å²) in [5, 5.41) is 9.37. The largest absolute Gasteiger partial charge is 0.394 e. The molecule has 2 saturated heterocycles. The van der Waals surface area contributed by atoms with Crippen molar-refractivity contribution in [3.63, 3.8) is 0 Å². The number of aliphatic hydroxyl groups excluding tert-OH is 1. The Bertz CT molecular complexity index is 792. The second kappa shape index (κ2) is 5.92. The molecule has 0 spiro atoms. The maximum Gasteiger partial charge on any atom is 0.224 e. The molecule has 2 aliphatic heterocycles. The van der Waals surface area contributed by atoms with Crippen LogP contribution in [0.3, 0.4) is 0 Å². The van der Waals surface area contributed by atoms with E-state index in [9.17, 15) is 5.11 Å². The molecule has 8 heteroatoms. The van der Waals surface area contributed by atoms with Crippen LogP contribution in [0.15, 0.2) is 6.33 Å². The minimum absolute atomic E-state index is 0.0581. The number of hydrogen-bond donors (Lipinski definition) is 2. The normalized spacial score (nSPS) is 27.0. The van der Waals surface area contributed by atoms with Gasteiger partial charge in [0.1, 0.15) is 0 Å². The van der Waals surface area contributed by atoms with Gasteiger partial charge >= 0.3 is 0 Å². The Hall–Kier alpha value is -2.37. The van der Waals surface area contributed by atoms with Crippen LogP contribution in [-0.2, 0) is 4.74 Å². The number of nitrogens with zero attached hydrogens (tertiary/aromatic N) is 5. The molecular weight excluding hydrogens is 308 g/mol. The average molecular weight is 328 g/mol. The zero-order valence-electron chi connectivity index (χ0n) is 13.3. The molecule has 0 saturated carbocycles. The average Bonchev–Trinajstić information content (AvgIpc) is 3.32. The van der Waals surface area contributed by atoms with Gasteiger partial charge in [0.25, 0.3) is 0 Å². The molecule has 2 fully saturated rings. The van der Waals surface area contributed by atoms with Crippen LogP contribution in [0.5, 0.6) is 0 Å². The van der Waals surface area contributed by atoms with Crippen molar-refractivity contribution in [2.24, 2.45) is 5.92 Å². The van der Waals surface area contributed by atoms with Crippen LogP contribution in [0.1, 0.15) is 25.5 Å². The quantitative estimate of drug-likeness (QED) is 0.793. The summed E-state index contributed by atoms with van der Waals surface area (Å²) in [6.07, 6.45) is 9.51. The van der Waals surface area contributed by atoms with Crippen molar-refractivity contribution >= 4 is 22.9 Å². The van der Waals surface area contributed by atoms with Crippen LogP contribution >= 0.6 is 0 Å². The molecular formula is C16H20N6O2. The number of aliphatic hydroxyl groups is 1. The third-order valence-corrected chi connectivity index (χ3v) is 4.71. The Morgan fingerprint density at radius 3 is 2.88 bits per heavy atom. The Labute approximate surface area is 139 Å². The van der Waals surface area contributed by atoms with Crippen molar-refractivity contribution in [3.8, 4) is 12.3 Å². The highest BCUT2D eigenvalue weighted by molar-refractivity contribution is 5.85. The second-order valence-corrected chi connectivity index (χ2v) is 6.26. The van der Waals surface area contributed by atoms with E-state index in [1.54, 1.807) is 6.33 Å². The third-order valence-electron chi connectivity index (χ3n) is 4.71. The standard InChI is InChI=1S/C16H20N6O2/c1-2-10-7-11(8-23)24-15(10)22-9-18-12-13(21-5-3-4-6-21)19-16(17)20-14(12)22/h1,9-11,15,23H,3-8H2,(H2,17,19,20)/t10-,11-,15+/m0/s1. The second-order valence-electron chi connectivity index (χ2n) is 6.26. The predicted octanol–water partition coefficient (Wildman–Crippen LogP) is 0.538. The number of terminal acetylenes is 1. The number of ether oxygens (including phenoxy) is 1. The Kier molecular flexibility index (Phi) is 3.75. The Morgan fingerprint density at radius 1 is 1.38 bits per heavy atom. The summed E-state index contributed by atoms with van der Waals surface area (Å²) in [5.74, 6) is 3.57. The van der Waals surface area contributed by atoms with Crippen molar-refractivity contribution in [2.75, 3.05) is 30.3 Å². The predicted molar refractivity (Wildman–Crippen MR) is 89.1 cm³/mol. The van der Waals surface area contributed by atoms with Crippen LogP contribution in [0.25, 0.3) is 11.2 Å². The Balaban J connectivity index is 1.79. The summed E-state index contributed by atoms with van der Waals surface area (Å²) in [4.78, 5) is 15.4. The molecule has 2 aromatic heterocycles. The lowest BCUT2D eigenvalue weighted by atomic mass is 10.0. The highest BCUT2D eigenvalue weighted by Crippen LogP contribution is 2.36. The van der Waals surface area contributed by atoms with E-state index in [-0.39, 0.29) is 24.6 Å². The van der Waals surface area contributed by atoms with Gasteiger partial charge in [0.15, 0.2) is 23.2 Å². The summed E-state index contributed by atoms with van der Waals surface area (Å²) in [5.41, 5.74) is 7.25. The van der Waals surface area contributed by atoms with Gasteiger partial charge in [-0.25, -0.2) is 4.98 Å². The van der Waals surface area contributed by atoms with Crippen molar-refractivity contribution in [1.82, 2.24) is 19.5 Å². The van der Waals surface area contributed by atoms with Gasteiger partial charge in [-0.2, -0.15) is 9.97 Å². The summed E-state index contributed by atoms with van der Waals surface area (Å²) in [6.45, 7) is 1.83. The first kappa shape index (κ1) is 15.2. The molecule has 0 bridgehead atoms. The van der Waals surface area contributed by atoms with Gasteiger partial charge in [0, 0.05) is 13.1 Å². The zero-order chi connectivity index (χ0) is 16.7. The van der Waals surface area contributed by atoms with Gasteiger partial charge in [-0.05, 0) is 19.3 Å². The monoisotopic (exact) mass is 328 g/mol. The molecule has 0 unspecified atom stereocenters. The smallest absolute Gasteiger partial charge is 0.224 e. The minimum Gasteiger partial charge on any atom is -0.394 e. The topological polar surface area (TPSA) is 102 Å². The molecule has 0 radical (unpaired) electrons. The van der Waals surface area contributed by atoms with E-state index in [0.29, 0.717) is 17.6 Å². The molecule has 2 aliphatic rings. The van der Waals surface area contributed by atoms with Gasteiger partial charge in [0.05, 0.1) is 25.0 Å². The minimum atomic E-state index is -0.405. The number of aromatic nitrogens is 4. The Morgan fingerprint density at radius 2 is 2.17 bits per heavy atom. The zero-order valence-corrected chi connectivity index (χ0v) is 13.3. The van der Waals surface area contributed by atoms with E-state index in [4.69, 9.17) is 16.9 Å². The maximum absolute atomic E-state index is 9.37. The highest BCUT2D eigenvalue weighted by Gasteiger charge is 2.36. The number of hydrogen-bond acceptors (Lipinski definition) is 7. The first-order chi connectivity index (χ1) is 11.7. The van der Waals surface area contributed by atoms with Crippen molar-refractivity contribution in [2.45, 2.75) is 31.6 Å². The van der Waals surface area contributed by atoms with Gasteiger partial charge in [-0.1, -0.05) is 5.92 Å². The number of anilines is 2. The molecule has 8 nitrogen and oxygen atoms in total. The van der Waals surface area contributed by atoms with Crippen molar-refractivity contribution in [1.29, 1.82) is 0 Å². The van der Waals surface area contributed by atoms with E-state index in [2.05, 4.69) is 25.8 Å². The first-order valence-corrected chi connectivity index (χ1v) is 8.18. The summed E-state index contributed by atoms with van der Waals surface area (Å²) >= 11 is 0. The van der Waals surface area contributed by atoms with E-state index < -0.39 is 6.23 Å². The van der Waals surface area contributed by atoms with Crippen molar-refractivity contribution in [3.05, 3.63) is 6.33 Å². The lowest BCUT2D eigenvalue weighted by molar-refractivity contribution is -0.0262. The van der Waals surface area contributed by atoms with Crippen LogP contribution in [0, 0.1) is 18.3 Å². The molecule has 4 heterocycles. The first-order valence-electron chi connectivity index (χ1n) is 8.18. The fraction of sp³-hybridized carbons (Fsp3) is 0.562. The summed E-state index contributed by atoms with van der Waals surface area (Å²) < 4.78 is 7.70. The lowest BCUT2D eigenvalue weighted by Gasteiger charge is -2.19. The number of fused-ring (bicyclic) bond motifs is 1. The number of rotatable bonds is 3. The summed E-state index contributed by atoms with van der Waals surface area (Å²) in [7, 11) is 0. The van der Waals surface area contributed by atoms with E-state index in [1.807, 2.05) is 4.57 Å². The molecule has 0 amide bonds. The molecule has 2 aromatic rings. The molecule has 126 valence electrons. The van der Waals surface area contributed by atoms with E-state index >= 15 is 0 Å². The van der Waals surface area contributed by atoms with Crippen LogP contribution in [-0.4, -0.2) is 50.4 Å². The fourth-order valence-corrected chi connectivity index (χ4v) is 3.53. The van der Waals surface area contributed by atoms with E-state index in [1.165, 1.54) is 0 Å². The van der Waals surface area contributed by atoms with Gasteiger partial charge in [-0.15, -0.1) is 6.42 Å². The summed E-state index contributed by atoms with van der Waals surface area (Å²) in [6, 6.07) is 0. The van der Waals surface area contributed by atoms with Gasteiger partial charge in [-0.3, -0.25) is 4.57 Å². The molecule has 0 aliphatic carbocycles. The highest BCUT2D eigenvalue weighted by atomic mass is 16.5. The van der Waals surface area contributed by atoms with Crippen LogP contribution in [0.2, 0.25) is 0 Å². The molecule has 0 aromatic carbocycles. The maximum atomic E-state index is 9.37. The fourth-order valence-electron chi connectivity index (χ4n) is 3.53.